The molecular formula is C23H34FNO5. The molecule has 1 amide bonds. The summed E-state index contributed by atoms with van der Waals surface area (Å²) in [5.41, 5.74) is 2.04. The van der Waals surface area contributed by atoms with E-state index in [1.165, 1.54) is 6.07 Å². The highest BCUT2D eigenvalue weighted by molar-refractivity contribution is 5.74. The molecule has 0 aliphatic heterocycles. The van der Waals surface area contributed by atoms with Crippen molar-refractivity contribution < 1.29 is 29.7 Å². The van der Waals surface area contributed by atoms with Gasteiger partial charge >= 0.3 is 0 Å². The number of nitrogens with one attached hydrogen (secondary N) is 1. The van der Waals surface area contributed by atoms with E-state index in [2.05, 4.69) is 0 Å². The number of hydroxylamine groups is 1. The molecule has 0 spiro atoms. The highest BCUT2D eigenvalue weighted by Gasteiger charge is 2.40. The van der Waals surface area contributed by atoms with Gasteiger partial charge in [-0.25, -0.2) is 9.87 Å². The highest BCUT2D eigenvalue weighted by atomic mass is 19.1. The lowest BCUT2D eigenvalue weighted by Gasteiger charge is -2.24. The number of aliphatic hydroxyl groups is 3. The van der Waals surface area contributed by atoms with Crippen LogP contribution in [0.2, 0.25) is 0 Å². The third kappa shape index (κ3) is 7.80. The Morgan fingerprint density at radius 2 is 1.77 bits per heavy atom. The van der Waals surface area contributed by atoms with Gasteiger partial charge < -0.3 is 15.3 Å². The van der Waals surface area contributed by atoms with Crippen LogP contribution in [0.15, 0.2) is 30.3 Å². The summed E-state index contributed by atoms with van der Waals surface area (Å²) in [6.07, 6.45) is 7.09. The maximum atomic E-state index is 13.6. The van der Waals surface area contributed by atoms with Gasteiger partial charge in [-0.1, -0.05) is 49.6 Å². The number of rotatable bonds is 12. The molecule has 0 saturated heterocycles. The van der Waals surface area contributed by atoms with Gasteiger partial charge in [0.1, 0.15) is 5.82 Å². The second kappa shape index (κ2) is 12.8. The number of unbranched alkanes of at least 4 members (excludes halogenated alkanes) is 3. The van der Waals surface area contributed by atoms with E-state index >= 15 is 0 Å². The summed E-state index contributed by atoms with van der Waals surface area (Å²) >= 11 is 0. The Morgan fingerprint density at radius 3 is 2.47 bits per heavy atom. The zero-order valence-corrected chi connectivity index (χ0v) is 17.3. The normalized spacial score (nSPS) is 25.0. The van der Waals surface area contributed by atoms with E-state index in [1.54, 1.807) is 35.8 Å². The maximum Gasteiger partial charge on any atom is 0.243 e. The predicted molar refractivity (Wildman–Crippen MR) is 112 cm³/mol. The Kier molecular flexibility index (Phi) is 10.4. The van der Waals surface area contributed by atoms with Crippen molar-refractivity contribution in [2.45, 2.75) is 76.1 Å². The summed E-state index contributed by atoms with van der Waals surface area (Å²) in [6.45, 7) is 0. The largest absolute Gasteiger partial charge is 0.393 e. The number of amides is 1. The monoisotopic (exact) mass is 423 g/mol. The van der Waals surface area contributed by atoms with E-state index in [9.17, 15) is 24.5 Å². The van der Waals surface area contributed by atoms with Crippen molar-refractivity contribution in [1.29, 1.82) is 0 Å². The van der Waals surface area contributed by atoms with Gasteiger partial charge in [-0.15, -0.1) is 0 Å². The third-order valence-electron chi connectivity index (χ3n) is 6.04. The first-order valence-electron chi connectivity index (χ1n) is 10.8. The fourth-order valence-corrected chi connectivity index (χ4v) is 4.34. The average Bonchev–Trinajstić information content (AvgIpc) is 3.00. The van der Waals surface area contributed by atoms with Crippen LogP contribution in [0.4, 0.5) is 4.39 Å². The van der Waals surface area contributed by atoms with Crippen LogP contribution in [0.5, 0.6) is 0 Å². The molecule has 0 heterocycles. The van der Waals surface area contributed by atoms with Gasteiger partial charge in [-0.2, -0.15) is 0 Å². The molecule has 168 valence electrons. The molecular weight excluding hydrogens is 389 g/mol. The van der Waals surface area contributed by atoms with Gasteiger partial charge in [0.2, 0.25) is 5.91 Å². The third-order valence-corrected chi connectivity index (χ3v) is 6.04. The van der Waals surface area contributed by atoms with Crippen LogP contribution in [0.3, 0.4) is 0 Å². The van der Waals surface area contributed by atoms with Gasteiger partial charge in [-0.3, -0.25) is 10.0 Å². The smallest absolute Gasteiger partial charge is 0.243 e. The Labute approximate surface area is 177 Å². The lowest BCUT2D eigenvalue weighted by molar-refractivity contribution is -0.129. The van der Waals surface area contributed by atoms with Gasteiger partial charge in [0, 0.05) is 12.0 Å². The van der Waals surface area contributed by atoms with Crippen molar-refractivity contribution in [3.8, 4) is 0 Å². The zero-order chi connectivity index (χ0) is 21.9. The Balaban J connectivity index is 1.75. The van der Waals surface area contributed by atoms with Crippen molar-refractivity contribution in [2.75, 3.05) is 0 Å². The molecule has 0 bridgehead atoms. The van der Waals surface area contributed by atoms with Crippen LogP contribution in [-0.2, 0) is 4.79 Å². The minimum atomic E-state index is -0.743. The van der Waals surface area contributed by atoms with Gasteiger partial charge in [0.15, 0.2) is 0 Å². The van der Waals surface area contributed by atoms with Crippen molar-refractivity contribution >= 4 is 12.0 Å². The number of carbonyl (C=O) groups excluding carboxylic acids is 1. The summed E-state index contributed by atoms with van der Waals surface area (Å²) < 4.78 is 13.6. The number of halogens is 1. The number of benzene rings is 1. The molecule has 1 aliphatic carbocycles. The number of aliphatic hydroxyl groups excluding tert-OH is 3. The van der Waals surface area contributed by atoms with Crippen LogP contribution < -0.4 is 5.48 Å². The SMILES string of the molecule is O=C(CCCCCC[C@H]1[C@@H](CCC(O)/C=C/c2ccccc2F)[C@H](O)C[C@@H]1O)NO. The van der Waals surface area contributed by atoms with Crippen LogP contribution in [0.25, 0.3) is 6.08 Å². The van der Waals surface area contributed by atoms with Gasteiger partial charge in [0.05, 0.1) is 18.3 Å². The fraction of sp³-hybridized carbons (Fsp3) is 0.609. The minimum Gasteiger partial charge on any atom is -0.393 e. The highest BCUT2D eigenvalue weighted by Crippen LogP contribution is 2.39. The molecule has 1 unspecified atom stereocenters. The van der Waals surface area contributed by atoms with E-state index < -0.39 is 18.3 Å². The predicted octanol–water partition coefficient (Wildman–Crippen LogP) is 3.18. The van der Waals surface area contributed by atoms with Crippen LogP contribution in [0, 0.1) is 17.7 Å². The van der Waals surface area contributed by atoms with E-state index in [1.807, 2.05) is 0 Å². The minimum absolute atomic E-state index is 0.0107. The molecule has 2 rings (SSSR count). The molecule has 0 radical (unpaired) electrons. The molecule has 1 aliphatic rings. The summed E-state index contributed by atoms with van der Waals surface area (Å²) in [5, 5.41) is 39.4. The lowest BCUT2D eigenvalue weighted by atomic mass is 9.85. The molecule has 1 saturated carbocycles. The molecule has 7 heteroatoms. The van der Waals surface area contributed by atoms with E-state index in [-0.39, 0.29) is 23.6 Å². The quantitative estimate of drug-likeness (QED) is 0.201. The molecule has 5 N–H and O–H groups in total. The Bertz CT molecular complexity index is 683. The standard InChI is InChI=1S/C23H34FNO5/c24-20-9-6-5-7-16(20)11-12-17(26)13-14-19-18(21(27)15-22(19)28)8-3-1-2-4-10-23(29)25-30/h5-7,9,11-12,17-19,21-22,26-28,30H,1-4,8,10,13-15H2,(H,25,29)/b12-11+/t17?,18-,19+,21-,22+/m0/s1. The lowest BCUT2D eigenvalue weighted by Crippen LogP contribution is -2.23. The Morgan fingerprint density at radius 1 is 1.10 bits per heavy atom. The second-order valence-electron chi connectivity index (χ2n) is 8.21. The molecule has 0 aromatic heterocycles. The van der Waals surface area contributed by atoms with Crippen molar-refractivity contribution in [1.82, 2.24) is 5.48 Å². The van der Waals surface area contributed by atoms with Gasteiger partial charge in [-0.05, 0) is 50.0 Å². The van der Waals surface area contributed by atoms with Crippen molar-refractivity contribution in [2.24, 2.45) is 11.8 Å². The van der Waals surface area contributed by atoms with Gasteiger partial charge in [0.25, 0.3) is 0 Å². The zero-order valence-electron chi connectivity index (χ0n) is 17.3. The van der Waals surface area contributed by atoms with E-state index in [0.29, 0.717) is 37.7 Å². The van der Waals surface area contributed by atoms with Crippen molar-refractivity contribution in [3.05, 3.63) is 41.7 Å². The van der Waals surface area contributed by atoms with E-state index in [4.69, 9.17) is 5.21 Å². The van der Waals surface area contributed by atoms with Crippen LogP contribution in [-0.4, -0.2) is 44.7 Å². The summed E-state index contributed by atoms with van der Waals surface area (Å²) in [7, 11) is 0. The Hall–Kier alpha value is -1.80. The topological polar surface area (TPSA) is 110 Å². The first-order valence-corrected chi connectivity index (χ1v) is 10.8. The number of hydrogen-bond acceptors (Lipinski definition) is 5. The van der Waals surface area contributed by atoms with E-state index in [0.717, 1.165) is 25.7 Å². The molecule has 1 fully saturated rings. The summed E-state index contributed by atoms with van der Waals surface area (Å²) in [6, 6.07) is 6.36. The molecule has 30 heavy (non-hydrogen) atoms. The second-order valence-corrected chi connectivity index (χ2v) is 8.21. The summed E-state index contributed by atoms with van der Waals surface area (Å²) in [5.74, 6) is -0.806. The van der Waals surface area contributed by atoms with Crippen LogP contribution in [0.1, 0.15) is 63.4 Å². The maximum absolute atomic E-state index is 13.6. The molecule has 5 atom stereocenters. The molecule has 1 aromatic carbocycles. The number of carbonyl (C=O) groups is 1. The van der Waals surface area contributed by atoms with Crippen LogP contribution >= 0.6 is 0 Å². The first-order chi connectivity index (χ1) is 14.4. The molecule has 6 nitrogen and oxygen atoms in total. The molecule has 1 aromatic rings. The fourth-order valence-electron chi connectivity index (χ4n) is 4.34. The van der Waals surface area contributed by atoms with Crippen molar-refractivity contribution in [3.63, 3.8) is 0 Å². The summed E-state index contributed by atoms with van der Waals surface area (Å²) in [4.78, 5) is 11.0. The first kappa shape index (κ1) is 24.5. The number of hydrogen-bond donors (Lipinski definition) is 5. The average molecular weight is 424 g/mol.